The zero-order valence-corrected chi connectivity index (χ0v) is 10.6. The summed E-state index contributed by atoms with van der Waals surface area (Å²) in [7, 11) is 1.64. The second-order valence-electron chi connectivity index (χ2n) is 4.77. The number of carbonyl (C=O) groups is 1. The third-order valence-electron chi connectivity index (χ3n) is 3.29. The summed E-state index contributed by atoms with van der Waals surface area (Å²) in [5.41, 5.74) is 1.12. The molecule has 1 fully saturated rings. The number of rotatable bonds is 7. The first kappa shape index (κ1) is 12.9. The molecule has 1 saturated carbocycles. The third kappa shape index (κ3) is 3.74. The van der Waals surface area contributed by atoms with E-state index in [1.807, 2.05) is 24.3 Å². The molecule has 1 unspecified atom stereocenters. The second kappa shape index (κ2) is 5.87. The molecule has 1 aromatic rings. The fourth-order valence-corrected chi connectivity index (χ4v) is 2.12. The smallest absolute Gasteiger partial charge is 0.304 e. The summed E-state index contributed by atoms with van der Waals surface area (Å²) < 4.78 is 5.16. The molecule has 1 atom stereocenters. The Morgan fingerprint density at radius 3 is 2.94 bits per heavy atom. The molecule has 0 bridgehead atoms. The van der Waals surface area contributed by atoms with E-state index in [-0.39, 0.29) is 12.5 Å². The van der Waals surface area contributed by atoms with Gasteiger partial charge >= 0.3 is 5.97 Å². The van der Waals surface area contributed by atoms with E-state index in [1.165, 1.54) is 0 Å². The average molecular weight is 249 g/mol. The van der Waals surface area contributed by atoms with Gasteiger partial charge in [0.1, 0.15) is 5.75 Å². The number of aliphatic carboxylic acids is 1. The highest BCUT2D eigenvalue weighted by molar-refractivity contribution is 5.67. The summed E-state index contributed by atoms with van der Waals surface area (Å²) in [6.07, 6.45) is 2.49. The molecule has 0 saturated heterocycles. The highest BCUT2D eigenvalue weighted by Crippen LogP contribution is 2.34. The number of ether oxygens (including phenoxy) is 1. The number of hydrogen-bond donors (Lipinski definition) is 2. The summed E-state index contributed by atoms with van der Waals surface area (Å²) in [6, 6.07) is 7.92. The van der Waals surface area contributed by atoms with E-state index >= 15 is 0 Å². The Hall–Kier alpha value is -1.55. The molecule has 4 nitrogen and oxygen atoms in total. The fourth-order valence-electron chi connectivity index (χ4n) is 2.12. The molecule has 0 aliphatic heterocycles. The minimum atomic E-state index is -0.731. The molecule has 0 amide bonds. The van der Waals surface area contributed by atoms with Crippen molar-refractivity contribution in [1.82, 2.24) is 5.32 Å². The van der Waals surface area contributed by atoms with Crippen LogP contribution < -0.4 is 10.1 Å². The number of nitrogens with one attached hydrogen (secondary N) is 1. The van der Waals surface area contributed by atoms with Gasteiger partial charge < -0.3 is 15.2 Å². The third-order valence-corrected chi connectivity index (χ3v) is 3.29. The van der Waals surface area contributed by atoms with Crippen LogP contribution in [0, 0.1) is 5.92 Å². The maximum Gasteiger partial charge on any atom is 0.304 e. The van der Waals surface area contributed by atoms with E-state index in [0.29, 0.717) is 12.5 Å². The molecule has 0 radical (unpaired) electrons. The van der Waals surface area contributed by atoms with Crippen LogP contribution in [-0.2, 0) is 11.3 Å². The van der Waals surface area contributed by atoms with Crippen LogP contribution >= 0.6 is 0 Å². The van der Waals surface area contributed by atoms with Gasteiger partial charge in [-0.05, 0) is 36.5 Å². The van der Waals surface area contributed by atoms with Crippen LogP contribution in [0.2, 0.25) is 0 Å². The lowest BCUT2D eigenvalue weighted by atomic mass is 10.1. The molecule has 4 heteroatoms. The van der Waals surface area contributed by atoms with Gasteiger partial charge in [-0.15, -0.1) is 0 Å². The van der Waals surface area contributed by atoms with Crippen molar-refractivity contribution in [3.8, 4) is 5.75 Å². The largest absolute Gasteiger partial charge is 0.497 e. The van der Waals surface area contributed by atoms with Gasteiger partial charge in [0.05, 0.1) is 13.5 Å². The van der Waals surface area contributed by atoms with Crippen LogP contribution in [0.15, 0.2) is 24.3 Å². The van der Waals surface area contributed by atoms with Gasteiger partial charge in [-0.1, -0.05) is 12.1 Å². The maximum absolute atomic E-state index is 10.8. The van der Waals surface area contributed by atoms with Crippen molar-refractivity contribution in [2.45, 2.75) is 31.8 Å². The molecule has 18 heavy (non-hydrogen) atoms. The Morgan fingerprint density at radius 2 is 2.33 bits per heavy atom. The van der Waals surface area contributed by atoms with E-state index < -0.39 is 5.97 Å². The predicted octanol–water partition coefficient (Wildman–Crippen LogP) is 2.04. The summed E-state index contributed by atoms with van der Waals surface area (Å²) in [4.78, 5) is 10.8. The Bertz CT molecular complexity index is 415. The van der Waals surface area contributed by atoms with E-state index in [4.69, 9.17) is 9.84 Å². The van der Waals surface area contributed by atoms with Crippen molar-refractivity contribution in [1.29, 1.82) is 0 Å². The van der Waals surface area contributed by atoms with Crippen LogP contribution in [0.4, 0.5) is 0 Å². The molecule has 0 heterocycles. The number of hydrogen-bond acceptors (Lipinski definition) is 3. The molecule has 0 aromatic heterocycles. The molecule has 0 spiro atoms. The fraction of sp³-hybridized carbons (Fsp3) is 0.500. The van der Waals surface area contributed by atoms with Crippen LogP contribution in [0.1, 0.15) is 24.8 Å². The van der Waals surface area contributed by atoms with Crippen LogP contribution in [0.3, 0.4) is 0 Å². The summed E-state index contributed by atoms with van der Waals surface area (Å²) >= 11 is 0. The molecular weight excluding hydrogens is 230 g/mol. The Kier molecular flexibility index (Phi) is 4.20. The first-order chi connectivity index (χ1) is 8.69. The zero-order chi connectivity index (χ0) is 13.0. The van der Waals surface area contributed by atoms with Crippen molar-refractivity contribution in [2.24, 2.45) is 5.92 Å². The van der Waals surface area contributed by atoms with E-state index in [1.54, 1.807) is 7.11 Å². The minimum Gasteiger partial charge on any atom is -0.497 e. The molecule has 1 aliphatic carbocycles. The minimum absolute atomic E-state index is 0.0914. The maximum atomic E-state index is 10.8. The van der Waals surface area contributed by atoms with Gasteiger partial charge in [0.2, 0.25) is 0 Å². The second-order valence-corrected chi connectivity index (χ2v) is 4.77. The summed E-state index contributed by atoms with van der Waals surface area (Å²) in [5, 5.41) is 12.2. The highest BCUT2D eigenvalue weighted by atomic mass is 16.5. The van der Waals surface area contributed by atoms with E-state index in [0.717, 1.165) is 24.2 Å². The van der Waals surface area contributed by atoms with Gasteiger partial charge in [0, 0.05) is 12.6 Å². The Morgan fingerprint density at radius 1 is 1.56 bits per heavy atom. The van der Waals surface area contributed by atoms with Crippen molar-refractivity contribution in [2.75, 3.05) is 7.11 Å². The van der Waals surface area contributed by atoms with Crippen LogP contribution in [0.5, 0.6) is 5.75 Å². The standard InChI is InChI=1S/C14H19NO3/c1-18-12-4-2-3-10(7-12)9-15-13(8-14(16)17)11-5-6-11/h2-4,7,11,13,15H,5-6,8-9H2,1H3,(H,16,17). The molecule has 98 valence electrons. The summed E-state index contributed by atoms with van der Waals surface area (Å²) in [6.45, 7) is 0.686. The SMILES string of the molecule is COc1cccc(CNC(CC(=O)O)C2CC2)c1. The number of carboxylic acid groups (broad SMARTS) is 1. The number of benzene rings is 1. The molecule has 1 aliphatic rings. The van der Waals surface area contributed by atoms with Crippen molar-refractivity contribution in [3.63, 3.8) is 0 Å². The Labute approximate surface area is 107 Å². The first-order valence-electron chi connectivity index (χ1n) is 6.27. The lowest BCUT2D eigenvalue weighted by Crippen LogP contribution is -2.32. The quantitative estimate of drug-likeness (QED) is 0.776. The van der Waals surface area contributed by atoms with Crippen LogP contribution in [0.25, 0.3) is 0 Å². The highest BCUT2D eigenvalue weighted by Gasteiger charge is 2.32. The van der Waals surface area contributed by atoms with Crippen molar-refractivity contribution >= 4 is 5.97 Å². The zero-order valence-electron chi connectivity index (χ0n) is 10.6. The lowest BCUT2D eigenvalue weighted by molar-refractivity contribution is -0.137. The van der Waals surface area contributed by atoms with Gasteiger partial charge in [0.25, 0.3) is 0 Å². The first-order valence-corrected chi connectivity index (χ1v) is 6.27. The van der Waals surface area contributed by atoms with Gasteiger partial charge in [0.15, 0.2) is 0 Å². The van der Waals surface area contributed by atoms with Gasteiger partial charge in [-0.3, -0.25) is 4.79 Å². The Balaban J connectivity index is 1.89. The summed E-state index contributed by atoms with van der Waals surface area (Å²) in [5.74, 6) is 0.632. The van der Waals surface area contributed by atoms with Crippen molar-refractivity contribution < 1.29 is 14.6 Å². The lowest BCUT2D eigenvalue weighted by Gasteiger charge is -2.16. The molecule has 2 rings (SSSR count). The molecular formula is C14H19NO3. The van der Waals surface area contributed by atoms with E-state index in [2.05, 4.69) is 5.32 Å². The van der Waals surface area contributed by atoms with Crippen molar-refractivity contribution in [3.05, 3.63) is 29.8 Å². The normalized spacial score (nSPS) is 16.3. The molecule has 1 aromatic carbocycles. The topological polar surface area (TPSA) is 58.6 Å². The number of methoxy groups -OCH3 is 1. The number of carboxylic acids is 1. The molecule has 2 N–H and O–H groups in total. The van der Waals surface area contributed by atoms with Gasteiger partial charge in [-0.25, -0.2) is 0 Å². The average Bonchev–Trinajstić information content (AvgIpc) is 3.18. The van der Waals surface area contributed by atoms with Gasteiger partial charge in [-0.2, -0.15) is 0 Å². The van der Waals surface area contributed by atoms with E-state index in [9.17, 15) is 4.79 Å². The van der Waals surface area contributed by atoms with Crippen LogP contribution in [-0.4, -0.2) is 24.2 Å². The monoisotopic (exact) mass is 249 g/mol. The predicted molar refractivity (Wildman–Crippen MR) is 68.6 cm³/mol.